The predicted octanol–water partition coefficient (Wildman–Crippen LogP) is 6.16. The zero-order valence-corrected chi connectivity index (χ0v) is 21.0. The molecule has 1 aromatic heterocycles. The lowest BCUT2D eigenvalue weighted by Gasteiger charge is -2.21. The maximum atomic E-state index is 13.2. The molecule has 2 N–H and O–H groups in total. The van der Waals surface area contributed by atoms with Crippen LogP contribution >= 0.6 is 0 Å². The average Bonchev–Trinajstić information content (AvgIpc) is 2.69. The number of hydrogen-bond donors (Lipinski definition) is 2. The fourth-order valence-corrected chi connectivity index (χ4v) is 4.68. The Labute approximate surface area is 196 Å². The highest BCUT2D eigenvalue weighted by Gasteiger charge is 2.24. The van der Waals surface area contributed by atoms with Gasteiger partial charge in [0.15, 0.2) is 9.92 Å². The molecule has 174 valence electrons. The average molecular weight is 466 g/mol. The molecule has 0 saturated heterocycles. The van der Waals surface area contributed by atoms with Gasteiger partial charge in [0.25, 0.3) is 5.91 Å². The van der Waals surface area contributed by atoms with Gasteiger partial charge >= 0.3 is 0 Å². The predicted molar refractivity (Wildman–Crippen MR) is 131 cm³/mol. The number of hydrogen-bond acceptors (Lipinski definition) is 5. The maximum Gasteiger partial charge on any atom is 0.269 e. The summed E-state index contributed by atoms with van der Waals surface area (Å²) in [5.41, 5.74) is 4.41. The van der Waals surface area contributed by atoms with E-state index in [1.165, 1.54) is 0 Å². The standard InChI is InChI=1S/C26H31N3O3S/c1-16-9-8-10-20(15-16)33(27,31)29-24(30)21-11-12-22(26(5,6)7)28-25(21)32-23-18(3)13-17(2)14-19(23)4/h8-15H,1-7H3,(H2,27,29,30,31). The maximum absolute atomic E-state index is 13.2. The molecule has 1 atom stereocenters. The Balaban J connectivity index is 2.05. The normalized spacial score (nSPS) is 13.3. The van der Waals surface area contributed by atoms with Crippen molar-refractivity contribution >= 4 is 15.8 Å². The van der Waals surface area contributed by atoms with Gasteiger partial charge in [0, 0.05) is 11.1 Å². The van der Waals surface area contributed by atoms with Crippen LogP contribution in [0.15, 0.2) is 53.4 Å². The van der Waals surface area contributed by atoms with E-state index in [1.807, 2.05) is 66.7 Å². The van der Waals surface area contributed by atoms with Gasteiger partial charge in [-0.1, -0.05) is 50.6 Å². The quantitative estimate of drug-likeness (QED) is 0.472. The van der Waals surface area contributed by atoms with Crippen LogP contribution < -0.4 is 9.46 Å². The van der Waals surface area contributed by atoms with Crippen LogP contribution in [0.1, 0.15) is 59.1 Å². The molecule has 7 heteroatoms. The van der Waals surface area contributed by atoms with Crippen molar-refractivity contribution in [2.75, 3.05) is 0 Å². The van der Waals surface area contributed by atoms with Crippen molar-refractivity contribution in [3.8, 4) is 11.6 Å². The molecule has 0 aliphatic heterocycles. The van der Waals surface area contributed by atoms with Gasteiger partial charge in [-0.25, -0.2) is 14.0 Å². The van der Waals surface area contributed by atoms with Crippen molar-refractivity contribution < 1.29 is 13.7 Å². The highest BCUT2D eigenvalue weighted by atomic mass is 32.2. The van der Waals surface area contributed by atoms with E-state index in [4.69, 9.17) is 9.52 Å². The Bertz CT molecular complexity index is 1300. The van der Waals surface area contributed by atoms with E-state index < -0.39 is 15.8 Å². The number of aryl methyl sites for hydroxylation is 4. The van der Waals surface area contributed by atoms with Gasteiger partial charge in [-0.05, 0) is 68.7 Å². The first-order valence-corrected chi connectivity index (χ1v) is 12.3. The molecule has 3 rings (SSSR count). The van der Waals surface area contributed by atoms with Crippen molar-refractivity contribution in [1.29, 1.82) is 4.78 Å². The molecule has 6 nitrogen and oxygen atoms in total. The van der Waals surface area contributed by atoms with E-state index in [1.54, 1.807) is 30.3 Å². The number of pyridine rings is 1. The summed E-state index contributed by atoms with van der Waals surface area (Å²) in [5.74, 6) is 0.0646. The zero-order valence-electron chi connectivity index (χ0n) is 20.2. The van der Waals surface area contributed by atoms with Crippen molar-refractivity contribution in [3.63, 3.8) is 0 Å². The summed E-state index contributed by atoms with van der Waals surface area (Å²) in [7, 11) is -3.56. The van der Waals surface area contributed by atoms with Crippen LogP contribution in [-0.2, 0) is 15.3 Å². The van der Waals surface area contributed by atoms with Crippen LogP contribution in [-0.4, -0.2) is 15.1 Å². The summed E-state index contributed by atoms with van der Waals surface area (Å²) in [5, 5.41) is 0. The lowest BCUT2D eigenvalue weighted by molar-refractivity contribution is 0.0979. The van der Waals surface area contributed by atoms with Crippen molar-refractivity contribution in [1.82, 2.24) is 9.71 Å². The van der Waals surface area contributed by atoms with E-state index in [9.17, 15) is 9.00 Å². The largest absolute Gasteiger partial charge is 0.438 e. The summed E-state index contributed by atoms with van der Waals surface area (Å²) in [6.07, 6.45) is 0. The molecule has 0 fully saturated rings. The van der Waals surface area contributed by atoms with Crippen LogP contribution in [0.3, 0.4) is 0 Å². The Hall–Kier alpha value is -3.19. The minimum Gasteiger partial charge on any atom is -0.438 e. The monoisotopic (exact) mass is 465 g/mol. The molecule has 1 amide bonds. The second-order valence-electron chi connectivity index (χ2n) is 9.43. The van der Waals surface area contributed by atoms with Gasteiger partial charge in [-0.2, -0.15) is 0 Å². The second-order valence-corrected chi connectivity index (χ2v) is 11.2. The molecular formula is C26H31N3O3S. The first kappa shape index (κ1) is 24.5. The molecular weight excluding hydrogens is 434 g/mol. The molecule has 1 unspecified atom stereocenters. The lowest BCUT2D eigenvalue weighted by Crippen LogP contribution is -2.30. The summed E-state index contributed by atoms with van der Waals surface area (Å²) < 4.78 is 29.9. The van der Waals surface area contributed by atoms with Gasteiger partial charge in [0.05, 0.1) is 4.90 Å². The van der Waals surface area contributed by atoms with Crippen LogP contribution in [0.5, 0.6) is 11.6 Å². The van der Waals surface area contributed by atoms with E-state index in [0.717, 1.165) is 27.9 Å². The molecule has 0 bridgehead atoms. The fraction of sp³-hybridized carbons (Fsp3) is 0.308. The molecule has 0 aliphatic rings. The molecule has 1 heterocycles. The highest BCUT2D eigenvalue weighted by molar-refractivity contribution is 7.91. The molecule has 33 heavy (non-hydrogen) atoms. The molecule has 0 aliphatic carbocycles. The summed E-state index contributed by atoms with van der Waals surface area (Å²) in [6.45, 7) is 13.8. The fourth-order valence-electron chi connectivity index (χ4n) is 3.57. The minimum atomic E-state index is -3.56. The Morgan fingerprint density at radius 3 is 2.18 bits per heavy atom. The molecule has 2 aromatic carbocycles. The van der Waals surface area contributed by atoms with Gasteiger partial charge in [-0.15, -0.1) is 0 Å². The molecule has 3 aromatic rings. The number of rotatable bonds is 5. The van der Waals surface area contributed by atoms with Crippen LogP contribution in [0, 0.1) is 32.5 Å². The second kappa shape index (κ2) is 8.98. The van der Waals surface area contributed by atoms with Crippen molar-refractivity contribution in [3.05, 3.63) is 82.0 Å². The summed E-state index contributed by atoms with van der Waals surface area (Å²) >= 11 is 0. The number of ether oxygens (including phenoxy) is 1. The smallest absolute Gasteiger partial charge is 0.269 e. The number of aromatic nitrogens is 1. The minimum absolute atomic E-state index is 0.120. The third kappa shape index (κ3) is 5.60. The summed E-state index contributed by atoms with van der Waals surface area (Å²) in [6, 6.07) is 14.1. The van der Waals surface area contributed by atoms with Gasteiger partial charge in [0.2, 0.25) is 5.88 Å². The van der Waals surface area contributed by atoms with Gasteiger partial charge in [0.1, 0.15) is 11.3 Å². The molecule has 0 saturated carbocycles. The SMILES string of the molecule is Cc1cccc(S(=N)(=O)NC(=O)c2ccc(C(C)(C)C)nc2Oc2c(C)cc(C)cc2C)c1. The van der Waals surface area contributed by atoms with E-state index in [0.29, 0.717) is 5.75 Å². The van der Waals surface area contributed by atoms with Gasteiger partial charge < -0.3 is 4.74 Å². The molecule has 0 radical (unpaired) electrons. The third-order valence-corrected chi connectivity index (χ3v) is 6.63. The Morgan fingerprint density at radius 2 is 1.61 bits per heavy atom. The van der Waals surface area contributed by atoms with Crippen LogP contribution in [0.4, 0.5) is 0 Å². The topological polar surface area (TPSA) is 92.1 Å². The Kier molecular flexibility index (Phi) is 6.65. The van der Waals surface area contributed by atoms with Crippen LogP contribution in [0.25, 0.3) is 0 Å². The number of amides is 1. The van der Waals surface area contributed by atoms with Crippen molar-refractivity contribution in [2.45, 2.75) is 58.8 Å². The lowest BCUT2D eigenvalue weighted by atomic mass is 9.91. The first-order chi connectivity index (χ1) is 15.3. The number of carbonyl (C=O) groups is 1. The highest BCUT2D eigenvalue weighted by Crippen LogP contribution is 2.33. The third-order valence-electron chi connectivity index (χ3n) is 5.23. The molecule has 0 spiro atoms. The van der Waals surface area contributed by atoms with Crippen molar-refractivity contribution in [2.24, 2.45) is 0 Å². The number of nitrogens with one attached hydrogen (secondary N) is 2. The van der Waals surface area contributed by atoms with Gasteiger partial charge in [-0.3, -0.25) is 9.52 Å². The van der Waals surface area contributed by atoms with E-state index in [-0.39, 0.29) is 21.8 Å². The number of benzene rings is 2. The van der Waals surface area contributed by atoms with Crippen LogP contribution in [0.2, 0.25) is 0 Å². The number of carbonyl (C=O) groups excluding carboxylic acids is 1. The summed E-state index contributed by atoms with van der Waals surface area (Å²) in [4.78, 5) is 18.1. The first-order valence-electron chi connectivity index (χ1n) is 10.7. The van der Waals surface area contributed by atoms with E-state index >= 15 is 0 Å². The van der Waals surface area contributed by atoms with E-state index in [2.05, 4.69) is 9.71 Å². The number of nitrogens with zero attached hydrogens (tertiary/aromatic N) is 1. The Morgan fingerprint density at radius 1 is 0.970 bits per heavy atom. The zero-order chi connectivity index (χ0) is 24.6.